The zero-order valence-electron chi connectivity index (χ0n) is 11.9. The number of carbonyl (C=O) groups excluding carboxylic acids is 3. The van der Waals surface area contributed by atoms with Crippen molar-refractivity contribution in [2.24, 2.45) is 0 Å². The first-order valence-corrected chi connectivity index (χ1v) is 6.61. The second kappa shape index (κ2) is 6.05. The molecule has 1 aliphatic rings. The van der Waals surface area contributed by atoms with Gasteiger partial charge in [-0.15, -0.1) is 6.58 Å². The van der Waals surface area contributed by atoms with Crippen LogP contribution in [0.15, 0.2) is 24.8 Å². The molecule has 1 aromatic rings. The SMILES string of the molecule is C=CCCC(C(=O)NC)N1C(=O)c2cc(F)c(F)cc2C1=O. The molecule has 3 amide bonds. The highest BCUT2D eigenvalue weighted by Gasteiger charge is 2.43. The van der Waals surface area contributed by atoms with Crippen molar-refractivity contribution in [1.29, 1.82) is 0 Å². The smallest absolute Gasteiger partial charge is 0.262 e. The average Bonchev–Trinajstić information content (AvgIpc) is 2.72. The van der Waals surface area contributed by atoms with Gasteiger partial charge < -0.3 is 5.32 Å². The van der Waals surface area contributed by atoms with Crippen LogP contribution >= 0.6 is 0 Å². The summed E-state index contributed by atoms with van der Waals surface area (Å²) in [4.78, 5) is 37.3. The van der Waals surface area contributed by atoms with Crippen LogP contribution in [0, 0.1) is 11.6 Å². The van der Waals surface area contributed by atoms with Gasteiger partial charge in [0.2, 0.25) is 5.91 Å². The third-order valence-corrected chi connectivity index (χ3v) is 3.46. The molecule has 0 fully saturated rings. The monoisotopic (exact) mass is 308 g/mol. The number of imide groups is 1. The minimum atomic E-state index is -1.22. The molecule has 0 aromatic heterocycles. The molecule has 0 radical (unpaired) electrons. The minimum absolute atomic E-state index is 0.180. The number of nitrogens with one attached hydrogen (secondary N) is 1. The number of allylic oxidation sites excluding steroid dienone is 1. The average molecular weight is 308 g/mol. The number of likely N-dealkylation sites (N-methyl/N-ethyl adjacent to an activating group) is 1. The van der Waals surface area contributed by atoms with Gasteiger partial charge in [-0.3, -0.25) is 19.3 Å². The van der Waals surface area contributed by atoms with Crippen LogP contribution in [0.2, 0.25) is 0 Å². The van der Waals surface area contributed by atoms with Crippen molar-refractivity contribution >= 4 is 17.7 Å². The fourth-order valence-corrected chi connectivity index (χ4v) is 2.36. The van der Waals surface area contributed by atoms with Crippen molar-refractivity contribution in [3.8, 4) is 0 Å². The molecular formula is C15H14F2N2O3. The number of hydrogen-bond acceptors (Lipinski definition) is 3. The number of carbonyl (C=O) groups is 3. The van der Waals surface area contributed by atoms with Gasteiger partial charge >= 0.3 is 0 Å². The number of benzene rings is 1. The van der Waals surface area contributed by atoms with Crippen LogP contribution in [0.5, 0.6) is 0 Å². The minimum Gasteiger partial charge on any atom is -0.357 e. The molecule has 0 saturated heterocycles. The van der Waals surface area contributed by atoms with Gasteiger partial charge in [0.05, 0.1) is 11.1 Å². The molecule has 7 heteroatoms. The molecule has 22 heavy (non-hydrogen) atoms. The molecule has 1 aromatic carbocycles. The highest BCUT2D eigenvalue weighted by molar-refractivity contribution is 6.22. The van der Waals surface area contributed by atoms with Crippen molar-refractivity contribution in [3.63, 3.8) is 0 Å². The molecule has 1 heterocycles. The van der Waals surface area contributed by atoms with E-state index in [4.69, 9.17) is 0 Å². The molecule has 1 atom stereocenters. The van der Waals surface area contributed by atoms with E-state index in [1.165, 1.54) is 7.05 Å². The number of halogens is 2. The molecule has 2 rings (SSSR count). The van der Waals surface area contributed by atoms with E-state index >= 15 is 0 Å². The van der Waals surface area contributed by atoms with Gasteiger partial charge in [0.15, 0.2) is 11.6 Å². The third-order valence-electron chi connectivity index (χ3n) is 3.46. The highest BCUT2D eigenvalue weighted by atomic mass is 19.2. The number of rotatable bonds is 5. The number of hydrogen-bond donors (Lipinski definition) is 1. The van der Waals surface area contributed by atoms with Crippen LogP contribution in [-0.2, 0) is 4.79 Å². The van der Waals surface area contributed by atoms with Crippen molar-refractivity contribution in [3.05, 3.63) is 47.5 Å². The molecular weight excluding hydrogens is 294 g/mol. The zero-order chi connectivity index (χ0) is 16.4. The van der Waals surface area contributed by atoms with Crippen molar-refractivity contribution in [2.75, 3.05) is 7.05 Å². The Balaban J connectivity index is 2.44. The van der Waals surface area contributed by atoms with E-state index in [0.29, 0.717) is 18.6 Å². The molecule has 116 valence electrons. The fourth-order valence-electron chi connectivity index (χ4n) is 2.36. The maximum Gasteiger partial charge on any atom is 0.262 e. The van der Waals surface area contributed by atoms with Gasteiger partial charge in [-0.1, -0.05) is 6.08 Å². The Morgan fingerprint density at radius 1 is 1.27 bits per heavy atom. The molecule has 0 bridgehead atoms. The summed E-state index contributed by atoms with van der Waals surface area (Å²) in [5.41, 5.74) is -0.479. The molecule has 0 spiro atoms. The van der Waals surface area contributed by atoms with Crippen molar-refractivity contribution < 1.29 is 23.2 Å². The first-order valence-electron chi connectivity index (χ1n) is 6.61. The molecule has 1 N–H and O–H groups in total. The first kappa shape index (κ1) is 15.8. The quantitative estimate of drug-likeness (QED) is 0.664. The Morgan fingerprint density at radius 2 is 1.77 bits per heavy atom. The largest absolute Gasteiger partial charge is 0.357 e. The lowest BCUT2D eigenvalue weighted by molar-refractivity contribution is -0.124. The molecule has 5 nitrogen and oxygen atoms in total. The van der Waals surface area contributed by atoms with E-state index in [0.717, 1.165) is 4.90 Å². The van der Waals surface area contributed by atoms with Gasteiger partial charge in [-0.05, 0) is 25.0 Å². The van der Waals surface area contributed by atoms with Gasteiger partial charge in [-0.25, -0.2) is 8.78 Å². The van der Waals surface area contributed by atoms with E-state index in [2.05, 4.69) is 11.9 Å². The van der Waals surface area contributed by atoms with Gasteiger partial charge in [0.25, 0.3) is 11.8 Å². The Morgan fingerprint density at radius 3 is 2.18 bits per heavy atom. The third kappa shape index (κ3) is 2.49. The van der Waals surface area contributed by atoms with Crippen LogP contribution in [0.1, 0.15) is 33.6 Å². The predicted molar refractivity (Wildman–Crippen MR) is 74.1 cm³/mol. The summed E-state index contributed by atoms with van der Waals surface area (Å²) in [5, 5.41) is 2.37. The summed E-state index contributed by atoms with van der Waals surface area (Å²) in [7, 11) is 1.38. The number of nitrogens with zero attached hydrogens (tertiary/aromatic N) is 1. The second-order valence-electron chi connectivity index (χ2n) is 4.79. The lowest BCUT2D eigenvalue weighted by Gasteiger charge is -2.24. The van der Waals surface area contributed by atoms with E-state index in [1.807, 2.05) is 0 Å². The van der Waals surface area contributed by atoms with Crippen LogP contribution in [-0.4, -0.2) is 35.7 Å². The van der Waals surface area contributed by atoms with E-state index in [-0.39, 0.29) is 17.5 Å². The van der Waals surface area contributed by atoms with Gasteiger partial charge in [0, 0.05) is 7.05 Å². The van der Waals surface area contributed by atoms with Crippen molar-refractivity contribution in [2.45, 2.75) is 18.9 Å². The maximum atomic E-state index is 13.3. The van der Waals surface area contributed by atoms with E-state index < -0.39 is 35.4 Å². The summed E-state index contributed by atoms with van der Waals surface area (Å²) in [5.74, 6) is -4.58. The predicted octanol–water partition coefficient (Wildman–Crippen LogP) is 1.64. The summed E-state index contributed by atoms with van der Waals surface area (Å²) >= 11 is 0. The van der Waals surface area contributed by atoms with E-state index in [1.54, 1.807) is 6.08 Å². The van der Waals surface area contributed by atoms with Gasteiger partial charge in [-0.2, -0.15) is 0 Å². The molecule has 1 unspecified atom stereocenters. The van der Waals surface area contributed by atoms with Crippen LogP contribution in [0.25, 0.3) is 0 Å². The second-order valence-corrected chi connectivity index (χ2v) is 4.79. The molecule has 0 saturated carbocycles. The Hall–Kier alpha value is -2.57. The van der Waals surface area contributed by atoms with E-state index in [9.17, 15) is 23.2 Å². The lowest BCUT2D eigenvalue weighted by atomic mass is 10.1. The normalized spacial score (nSPS) is 14.8. The fraction of sp³-hybridized carbons (Fsp3) is 0.267. The van der Waals surface area contributed by atoms with Crippen molar-refractivity contribution in [1.82, 2.24) is 10.2 Å². The summed E-state index contributed by atoms with van der Waals surface area (Å²) in [6, 6.07) is 0.306. The number of amides is 3. The standard InChI is InChI=1S/C15H14F2N2O3/c1-3-4-5-12(13(20)18-2)19-14(21)8-6-10(16)11(17)7-9(8)15(19)22/h3,6-7,12H,1,4-5H2,2H3,(H,18,20). The molecule has 1 aliphatic heterocycles. The zero-order valence-corrected chi connectivity index (χ0v) is 11.9. The number of fused-ring (bicyclic) bond motifs is 1. The Bertz CT molecular complexity index is 632. The maximum absolute atomic E-state index is 13.3. The van der Waals surface area contributed by atoms with Crippen LogP contribution < -0.4 is 5.32 Å². The lowest BCUT2D eigenvalue weighted by Crippen LogP contribution is -2.48. The topological polar surface area (TPSA) is 66.5 Å². The van der Waals surface area contributed by atoms with Gasteiger partial charge in [0.1, 0.15) is 6.04 Å². The first-order chi connectivity index (χ1) is 10.4. The summed E-state index contributed by atoms with van der Waals surface area (Å²) in [6.45, 7) is 3.53. The Kier molecular flexibility index (Phi) is 4.35. The summed E-state index contributed by atoms with van der Waals surface area (Å²) < 4.78 is 26.6. The highest BCUT2D eigenvalue weighted by Crippen LogP contribution is 2.28. The van der Waals surface area contributed by atoms with Crippen LogP contribution in [0.3, 0.4) is 0 Å². The Labute approximate surface area is 125 Å². The summed E-state index contributed by atoms with van der Waals surface area (Å²) in [6.07, 6.45) is 2.13. The van der Waals surface area contributed by atoms with Crippen LogP contribution in [0.4, 0.5) is 8.78 Å². The molecule has 0 aliphatic carbocycles.